The summed E-state index contributed by atoms with van der Waals surface area (Å²) in [6.07, 6.45) is 0. The van der Waals surface area contributed by atoms with Crippen LogP contribution in [0.5, 0.6) is 0 Å². The fourth-order valence-electron chi connectivity index (χ4n) is 1.89. The molecule has 110 valence electrons. The molecule has 0 aromatic heterocycles. The maximum atomic E-state index is 12.7. The Morgan fingerprint density at radius 2 is 1.80 bits per heavy atom. The van der Waals surface area contributed by atoms with Gasteiger partial charge in [0.05, 0.1) is 6.54 Å². The number of rotatable bonds is 3. The van der Waals surface area contributed by atoms with E-state index >= 15 is 0 Å². The quantitative estimate of drug-likeness (QED) is 0.850. The van der Waals surface area contributed by atoms with Gasteiger partial charge < -0.3 is 15.5 Å². The van der Waals surface area contributed by atoms with E-state index in [1.807, 2.05) is 0 Å². The molecule has 0 atom stereocenters. The Hall–Kier alpha value is -1.66. The van der Waals surface area contributed by atoms with Crippen LogP contribution >= 0.6 is 12.4 Å². The highest BCUT2D eigenvalue weighted by Crippen LogP contribution is 2.02. The maximum absolute atomic E-state index is 12.7. The van der Waals surface area contributed by atoms with Crippen molar-refractivity contribution in [3.05, 3.63) is 35.6 Å². The van der Waals surface area contributed by atoms with Crippen LogP contribution in [0.1, 0.15) is 10.4 Å². The van der Waals surface area contributed by atoms with Crippen molar-refractivity contribution in [2.75, 3.05) is 32.7 Å². The van der Waals surface area contributed by atoms with Gasteiger partial charge in [-0.25, -0.2) is 4.39 Å². The normalized spacial score (nSPS) is 14.3. The lowest BCUT2D eigenvalue weighted by Gasteiger charge is -2.27. The van der Waals surface area contributed by atoms with Gasteiger partial charge in [-0.1, -0.05) is 0 Å². The minimum Gasteiger partial charge on any atom is -0.343 e. The number of hydrogen-bond donors (Lipinski definition) is 2. The molecule has 5 nitrogen and oxygen atoms in total. The molecule has 20 heavy (non-hydrogen) atoms. The van der Waals surface area contributed by atoms with E-state index in [2.05, 4.69) is 10.6 Å². The molecule has 0 unspecified atom stereocenters. The molecule has 1 aromatic rings. The topological polar surface area (TPSA) is 61.4 Å². The van der Waals surface area contributed by atoms with Crippen LogP contribution in [-0.2, 0) is 4.79 Å². The summed E-state index contributed by atoms with van der Waals surface area (Å²) in [5.74, 6) is -0.867. The molecule has 0 aliphatic carbocycles. The molecular weight excluding hydrogens is 285 g/mol. The predicted molar refractivity (Wildman–Crippen MR) is 75.4 cm³/mol. The molecule has 1 heterocycles. The summed E-state index contributed by atoms with van der Waals surface area (Å²) in [6.45, 7) is 2.84. The molecule has 0 saturated carbocycles. The summed E-state index contributed by atoms with van der Waals surface area (Å²) in [4.78, 5) is 25.2. The van der Waals surface area contributed by atoms with Gasteiger partial charge in [-0.05, 0) is 24.3 Å². The molecule has 1 aromatic carbocycles. The summed E-state index contributed by atoms with van der Waals surface area (Å²) in [6, 6.07) is 5.21. The first-order chi connectivity index (χ1) is 9.16. The summed E-state index contributed by atoms with van der Waals surface area (Å²) in [5.41, 5.74) is 0.342. The van der Waals surface area contributed by atoms with Crippen molar-refractivity contribution in [1.82, 2.24) is 15.5 Å². The van der Waals surface area contributed by atoms with E-state index in [0.717, 1.165) is 13.1 Å². The Balaban J connectivity index is 0.00000200. The first-order valence-electron chi connectivity index (χ1n) is 6.19. The number of piperazine rings is 1. The molecule has 1 fully saturated rings. The molecule has 2 N–H and O–H groups in total. The van der Waals surface area contributed by atoms with Crippen LogP contribution in [0.25, 0.3) is 0 Å². The van der Waals surface area contributed by atoms with E-state index in [1.54, 1.807) is 4.90 Å². The molecule has 7 heteroatoms. The van der Waals surface area contributed by atoms with Gasteiger partial charge in [0.15, 0.2) is 0 Å². The highest BCUT2D eigenvalue weighted by atomic mass is 35.5. The SMILES string of the molecule is Cl.O=C(NCC(=O)N1CCNCC1)c1ccc(F)cc1. The largest absolute Gasteiger partial charge is 0.343 e. The molecule has 1 aliphatic rings. The first kappa shape index (κ1) is 16.4. The summed E-state index contributed by atoms with van der Waals surface area (Å²) in [5, 5.41) is 5.69. The van der Waals surface area contributed by atoms with Crippen LogP contribution in [0.3, 0.4) is 0 Å². The molecule has 1 saturated heterocycles. The Labute approximate surface area is 122 Å². The van der Waals surface area contributed by atoms with Crippen LogP contribution in [0.15, 0.2) is 24.3 Å². The Morgan fingerprint density at radius 3 is 2.40 bits per heavy atom. The third-order valence-electron chi connectivity index (χ3n) is 2.98. The van der Waals surface area contributed by atoms with E-state index < -0.39 is 5.82 Å². The Kier molecular flexibility index (Phi) is 6.41. The fraction of sp³-hybridized carbons (Fsp3) is 0.385. The van der Waals surface area contributed by atoms with Crippen molar-refractivity contribution < 1.29 is 14.0 Å². The number of halogens is 2. The fourth-order valence-corrected chi connectivity index (χ4v) is 1.89. The van der Waals surface area contributed by atoms with Crippen LogP contribution in [-0.4, -0.2) is 49.4 Å². The van der Waals surface area contributed by atoms with Gasteiger partial charge in [-0.3, -0.25) is 9.59 Å². The lowest BCUT2D eigenvalue weighted by molar-refractivity contribution is -0.130. The highest BCUT2D eigenvalue weighted by molar-refractivity contribution is 5.96. The molecule has 0 radical (unpaired) electrons. The van der Waals surface area contributed by atoms with Gasteiger partial charge in [0.2, 0.25) is 5.91 Å². The van der Waals surface area contributed by atoms with Gasteiger partial charge in [0.1, 0.15) is 5.82 Å². The van der Waals surface area contributed by atoms with Gasteiger partial charge >= 0.3 is 0 Å². The smallest absolute Gasteiger partial charge is 0.251 e. The van der Waals surface area contributed by atoms with E-state index in [1.165, 1.54) is 24.3 Å². The predicted octanol–water partition coefficient (Wildman–Crippen LogP) is 0.409. The van der Waals surface area contributed by atoms with Crippen molar-refractivity contribution in [2.24, 2.45) is 0 Å². The number of benzene rings is 1. The Bertz CT molecular complexity index is 461. The summed E-state index contributed by atoms with van der Waals surface area (Å²) in [7, 11) is 0. The van der Waals surface area contributed by atoms with Crippen molar-refractivity contribution in [3.8, 4) is 0 Å². The van der Waals surface area contributed by atoms with Gasteiger partial charge in [-0.15, -0.1) is 12.4 Å². The van der Waals surface area contributed by atoms with Crippen molar-refractivity contribution >= 4 is 24.2 Å². The van der Waals surface area contributed by atoms with E-state index in [-0.39, 0.29) is 30.8 Å². The zero-order valence-electron chi connectivity index (χ0n) is 10.9. The van der Waals surface area contributed by atoms with Crippen LogP contribution in [0.2, 0.25) is 0 Å². The number of nitrogens with one attached hydrogen (secondary N) is 2. The highest BCUT2D eigenvalue weighted by Gasteiger charge is 2.16. The van der Waals surface area contributed by atoms with E-state index in [0.29, 0.717) is 18.7 Å². The minimum absolute atomic E-state index is 0. The summed E-state index contributed by atoms with van der Waals surface area (Å²) < 4.78 is 12.7. The second kappa shape index (κ2) is 7.81. The number of nitrogens with zero attached hydrogens (tertiary/aromatic N) is 1. The average molecular weight is 302 g/mol. The molecule has 0 spiro atoms. The molecule has 2 amide bonds. The van der Waals surface area contributed by atoms with E-state index in [4.69, 9.17) is 0 Å². The number of carbonyl (C=O) groups is 2. The number of carbonyl (C=O) groups excluding carboxylic acids is 2. The standard InChI is InChI=1S/C13H16FN3O2.ClH/c14-11-3-1-10(2-4-11)13(19)16-9-12(18)17-7-5-15-6-8-17;/h1-4,15H,5-9H2,(H,16,19);1H. The van der Waals surface area contributed by atoms with Crippen molar-refractivity contribution in [3.63, 3.8) is 0 Å². The molecule has 1 aliphatic heterocycles. The molecule has 2 rings (SSSR count). The Morgan fingerprint density at radius 1 is 1.20 bits per heavy atom. The minimum atomic E-state index is -0.395. The van der Waals surface area contributed by atoms with Crippen molar-refractivity contribution in [1.29, 1.82) is 0 Å². The first-order valence-corrected chi connectivity index (χ1v) is 6.19. The second-order valence-electron chi connectivity index (χ2n) is 4.32. The zero-order chi connectivity index (χ0) is 13.7. The average Bonchev–Trinajstić information content (AvgIpc) is 2.46. The maximum Gasteiger partial charge on any atom is 0.251 e. The van der Waals surface area contributed by atoms with Crippen LogP contribution in [0, 0.1) is 5.82 Å². The molecular formula is C13H17ClFN3O2. The summed E-state index contributed by atoms with van der Waals surface area (Å²) >= 11 is 0. The lowest BCUT2D eigenvalue weighted by Crippen LogP contribution is -2.49. The third-order valence-corrected chi connectivity index (χ3v) is 2.98. The number of hydrogen-bond acceptors (Lipinski definition) is 3. The third kappa shape index (κ3) is 4.47. The second-order valence-corrected chi connectivity index (χ2v) is 4.32. The molecule has 0 bridgehead atoms. The number of amides is 2. The van der Waals surface area contributed by atoms with Gasteiger partial charge in [-0.2, -0.15) is 0 Å². The van der Waals surface area contributed by atoms with Gasteiger partial charge in [0, 0.05) is 31.7 Å². The monoisotopic (exact) mass is 301 g/mol. The zero-order valence-corrected chi connectivity index (χ0v) is 11.7. The van der Waals surface area contributed by atoms with E-state index in [9.17, 15) is 14.0 Å². The van der Waals surface area contributed by atoms with Gasteiger partial charge in [0.25, 0.3) is 5.91 Å². The van der Waals surface area contributed by atoms with Crippen LogP contribution in [0.4, 0.5) is 4.39 Å². The van der Waals surface area contributed by atoms with Crippen molar-refractivity contribution in [2.45, 2.75) is 0 Å². The van der Waals surface area contributed by atoms with Crippen LogP contribution < -0.4 is 10.6 Å². The lowest BCUT2D eigenvalue weighted by atomic mass is 10.2.